The first kappa shape index (κ1) is 25.7. The van der Waals surface area contributed by atoms with Crippen LogP contribution in [0.2, 0.25) is 0 Å². The van der Waals surface area contributed by atoms with E-state index >= 15 is 0 Å². The van der Waals surface area contributed by atoms with E-state index < -0.39 is 11.8 Å². The number of hydrogen-bond donors (Lipinski definition) is 3. The Bertz CT molecular complexity index is 1550. The van der Waals surface area contributed by atoms with E-state index in [1.807, 2.05) is 0 Å². The number of anilines is 2. The van der Waals surface area contributed by atoms with Crippen LogP contribution in [0.15, 0.2) is 30.6 Å². The predicted octanol–water partition coefficient (Wildman–Crippen LogP) is 4.14. The fourth-order valence-electron chi connectivity index (χ4n) is 6.13. The number of amides is 2. The van der Waals surface area contributed by atoms with Crippen LogP contribution < -0.4 is 11.1 Å². The van der Waals surface area contributed by atoms with E-state index in [2.05, 4.69) is 64.5 Å². The van der Waals surface area contributed by atoms with Crippen LogP contribution in [0, 0.1) is 11.8 Å². The molecular formula is C28H34N8O2S. The van der Waals surface area contributed by atoms with E-state index in [9.17, 15) is 9.59 Å². The lowest BCUT2D eigenvalue weighted by atomic mass is 9.87. The lowest BCUT2D eigenvalue weighted by molar-refractivity contribution is -0.146. The molecule has 1 aromatic carbocycles. The van der Waals surface area contributed by atoms with Crippen LogP contribution in [0.1, 0.15) is 55.6 Å². The molecule has 39 heavy (non-hydrogen) atoms. The van der Waals surface area contributed by atoms with Crippen LogP contribution in [0.4, 0.5) is 11.5 Å². The zero-order valence-corrected chi connectivity index (χ0v) is 23.3. The Kier molecular flexibility index (Phi) is 6.72. The zero-order chi connectivity index (χ0) is 27.3. The third-order valence-corrected chi connectivity index (χ3v) is 9.44. The maximum Gasteiger partial charge on any atom is 0.314 e. The average Bonchev–Trinajstić information content (AvgIpc) is 3.57. The largest absolute Gasteiger partial charge is 0.383 e. The highest BCUT2D eigenvalue weighted by atomic mass is 32.1. The van der Waals surface area contributed by atoms with Gasteiger partial charge in [0.2, 0.25) is 0 Å². The third-order valence-electron chi connectivity index (χ3n) is 8.28. The Hall–Kier alpha value is -3.57. The normalized spacial score (nSPS) is 24.3. The molecule has 0 radical (unpaired) electrons. The molecule has 0 aliphatic carbocycles. The molecule has 2 saturated heterocycles. The average molecular weight is 547 g/mol. The number of hydrogen-bond acceptors (Lipinski definition) is 8. The summed E-state index contributed by atoms with van der Waals surface area (Å²) in [6, 6.07) is 6.15. The summed E-state index contributed by atoms with van der Waals surface area (Å²) < 4.78 is 1.17. The number of nitrogens with zero attached hydrogens (tertiary/aromatic N) is 5. The SMILES string of the molecule is CC1CN(C)CCC1c1nc2cc([C@H]3CC[C@H](C)CN3C(=O)C(=O)Nc3cnc(N)c4cn[nH]c34)ccc2s1. The van der Waals surface area contributed by atoms with Gasteiger partial charge < -0.3 is 20.9 Å². The molecule has 2 aliphatic heterocycles. The van der Waals surface area contributed by atoms with Gasteiger partial charge >= 0.3 is 11.8 Å². The fraction of sp³-hybridized carbons (Fsp3) is 0.464. The number of H-pyrrole nitrogens is 1. The second-order valence-electron chi connectivity index (χ2n) is 11.2. The molecule has 2 aliphatic rings. The van der Waals surface area contributed by atoms with Gasteiger partial charge in [-0.05, 0) is 62.4 Å². The van der Waals surface area contributed by atoms with Gasteiger partial charge in [0, 0.05) is 19.0 Å². The van der Waals surface area contributed by atoms with Gasteiger partial charge in [0.05, 0.1) is 50.3 Å². The Morgan fingerprint density at radius 1 is 1.15 bits per heavy atom. The van der Waals surface area contributed by atoms with Gasteiger partial charge in [-0.1, -0.05) is 19.9 Å². The van der Waals surface area contributed by atoms with E-state index in [1.165, 1.54) is 15.9 Å². The minimum atomic E-state index is -0.704. The summed E-state index contributed by atoms with van der Waals surface area (Å²) in [5.74, 6) is 0.382. The molecule has 5 heterocycles. The molecule has 2 unspecified atom stereocenters. The molecule has 6 rings (SSSR count). The first-order valence-electron chi connectivity index (χ1n) is 13.6. The molecule has 4 N–H and O–H groups in total. The lowest BCUT2D eigenvalue weighted by Gasteiger charge is -2.38. The highest BCUT2D eigenvalue weighted by Gasteiger charge is 2.35. The Morgan fingerprint density at radius 3 is 2.82 bits per heavy atom. The van der Waals surface area contributed by atoms with Gasteiger partial charge in [-0.25, -0.2) is 9.97 Å². The number of nitrogen functional groups attached to an aromatic ring is 1. The van der Waals surface area contributed by atoms with Crippen LogP contribution in [0.25, 0.3) is 21.1 Å². The molecule has 2 fully saturated rings. The Labute approximate surface area is 231 Å². The van der Waals surface area contributed by atoms with Crippen molar-refractivity contribution in [1.82, 2.24) is 30.0 Å². The molecule has 11 heteroatoms. The summed E-state index contributed by atoms with van der Waals surface area (Å²) in [6.45, 7) is 7.12. The highest BCUT2D eigenvalue weighted by molar-refractivity contribution is 7.18. The molecule has 0 bridgehead atoms. The van der Waals surface area contributed by atoms with Gasteiger partial charge in [-0.15, -0.1) is 11.3 Å². The molecule has 10 nitrogen and oxygen atoms in total. The molecule has 4 aromatic rings. The summed E-state index contributed by atoms with van der Waals surface area (Å²) in [6.07, 6.45) is 5.89. The number of fused-ring (bicyclic) bond motifs is 2. The van der Waals surface area contributed by atoms with Gasteiger partial charge in [0.1, 0.15) is 5.82 Å². The van der Waals surface area contributed by atoms with E-state index in [0.29, 0.717) is 46.7 Å². The Morgan fingerprint density at radius 2 is 2.00 bits per heavy atom. The number of aromatic amines is 1. The van der Waals surface area contributed by atoms with Gasteiger partial charge in [0.25, 0.3) is 0 Å². The van der Waals surface area contributed by atoms with E-state index in [4.69, 9.17) is 10.7 Å². The maximum absolute atomic E-state index is 13.5. The van der Waals surface area contributed by atoms with Gasteiger partial charge in [0.15, 0.2) is 0 Å². The van der Waals surface area contributed by atoms with Crippen LogP contribution in [0.5, 0.6) is 0 Å². The van der Waals surface area contributed by atoms with Crippen molar-refractivity contribution in [3.05, 3.63) is 41.2 Å². The third kappa shape index (κ3) is 4.85. The topological polar surface area (TPSA) is 133 Å². The monoisotopic (exact) mass is 546 g/mol. The molecule has 0 spiro atoms. The van der Waals surface area contributed by atoms with Crippen molar-refractivity contribution in [3.63, 3.8) is 0 Å². The number of thiazole rings is 1. The van der Waals surface area contributed by atoms with Crippen molar-refractivity contribution < 1.29 is 9.59 Å². The second-order valence-corrected chi connectivity index (χ2v) is 12.3. The van der Waals surface area contributed by atoms with Crippen molar-refractivity contribution in [3.8, 4) is 0 Å². The number of pyridine rings is 1. The minimum Gasteiger partial charge on any atom is -0.383 e. The number of aromatic nitrogens is 4. The standard InChI is InChI=1S/C28H34N8O2S/c1-15-4-6-22(17-5-7-23-20(10-17)33-27(39-23)18-8-9-35(3)14-16(18)2)36(13-15)28(38)26(37)32-21-12-30-25(29)19-11-31-34-24(19)21/h5,7,10-12,15-16,18,22H,4,6,8-9,13-14H2,1-3H3,(H2,29,30)(H,31,34)(H,32,37)/t15-,16?,18?,22+/m0/s1. The van der Waals surface area contributed by atoms with Crippen LogP contribution >= 0.6 is 11.3 Å². The number of carbonyl (C=O) groups is 2. The van der Waals surface area contributed by atoms with E-state index in [1.54, 1.807) is 22.4 Å². The maximum atomic E-state index is 13.5. The van der Waals surface area contributed by atoms with Gasteiger partial charge in [-0.2, -0.15) is 5.10 Å². The number of piperidine rings is 2. The van der Waals surface area contributed by atoms with Crippen molar-refractivity contribution in [2.75, 3.05) is 37.7 Å². The summed E-state index contributed by atoms with van der Waals surface area (Å²) in [5.41, 5.74) is 8.81. The molecule has 3 aromatic heterocycles. The van der Waals surface area contributed by atoms with Crippen molar-refractivity contribution in [2.24, 2.45) is 11.8 Å². The summed E-state index contributed by atoms with van der Waals surface area (Å²) >= 11 is 1.78. The second kappa shape index (κ2) is 10.2. The molecule has 2 amide bonds. The number of nitrogens with two attached hydrogens (primary N) is 1. The highest BCUT2D eigenvalue weighted by Crippen LogP contribution is 2.39. The van der Waals surface area contributed by atoms with Crippen LogP contribution in [-0.2, 0) is 9.59 Å². The first-order valence-corrected chi connectivity index (χ1v) is 14.4. The van der Waals surface area contributed by atoms with Crippen molar-refractivity contribution in [2.45, 2.75) is 45.1 Å². The minimum absolute atomic E-state index is 0.187. The number of benzene rings is 1. The number of likely N-dealkylation sites (tertiary alicyclic amines) is 2. The fourth-order valence-corrected chi connectivity index (χ4v) is 7.34. The van der Waals surface area contributed by atoms with Gasteiger partial charge in [-0.3, -0.25) is 14.7 Å². The molecular weight excluding hydrogens is 512 g/mol. The predicted molar refractivity (Wildman–Crippen MR) is 153 cm³/mol. The first-order chi connectivity index (χ1) is 18.8. The lowest BCUT2D eigenvalue weighted by Crippen LogP contribution is -2.46. The smallest absolute Gasteiger partial charge is 0.314 e. The molecule has 0 saturated carbocycles. The van der Waals surface area contributed by atoms with Crippen molar-refractivity contribution >= 4 is 55.8 Å². The summed E-state index contributed by atoms with van der Waals surface area (Å²) in [4.78, 5) is 40.0. The van der Waals surface area contributed by atoms with Crippen LogP contribution in [-0.4, -0.2) is 68.5 Å². The summed E-state index contributed by atoms with van der Waals surface area (Å²) in [5, 5.41) is 11.3. The summed E-state index contributed by atoms with van der Waals surface area (Å²) in [7, 11) is 2.18. The zero-order valence-electron chi connectivity index (χ0n) is 22.5. The Balaban J connectivity index is 1.25. The quantitative estimate of drug-likeness (QED) is 0.329. The molecule has 204 valence electrons. The molecule has 4 atom stereocenters. The number of rotatable bonds is 3. The number of carbonyl (C=O) groups excluding carboxylic acids is 2. The van der Waals surface area contributed by atoms with Crippen LogP contribution in [0.3, 0.4) is 0 Å². The van der Waals surface area contributed by atoms with Crippen molar-refractivity contribution in [1.29, 1.82) is 0 Å². The number of nitrogens with one attached hydrogen (secondary N) is 2. The van der Waals surface area contributed by atoms with E-state index in [-0.39, 0.29) is 6.04 Å². The van der Waals surface area contributed by atoms with E-state index in [0.717, 1.165) is 43.4 Å².